The van der Waals surface area contributed by atoms with Gasteiger partial charge < -0.3 is 0 Å². The Labute approximate surface area is 98.4 Å². The van der Waals surface area contributed by atoms with E-state index in [2.05, 4.69) is 18.7 Å². The maximum atomic E-state index is 11.7. The van der Waals surface area contributed by atoms with E-state index < -0.39 is 0 Å². The quantitative estimate of drug-likeness (QED) is 0.729. The van der Waals surface area contributed by atoms with Crippen molar-refractivity contribution in [2.45, 2.75) is 52.0 Å². The summed E-state index contributed by atoms with van der Waals surface area (Å²) in [5.74, 6) is 1.76. The smallest absolute Gasteiger partial charge is 0.138 e. The monoisotopic (exact) mass is 221 g/mol. The van der Waals surface area contributed by atoms with E-state index >= 15 is 0 Å². The van der Waals surface area contributed by atoms with Crippen LogP contribution in [0.5, 0.6) is 0 Å². The first-order chi connectivity index (χ1) is 7.62. The minimum Gasteiger partial charge on any atom is -0.299 e. The van der Waals surface area contributed by atoms with Crippen LogP contribution in [0.1, 0.15) is 46.0 Å². The number of nitrogens with zero attached hydrogens (tertiary/aromatic N) is 1. The topological polar surface area (TPSA) is 20.3 Å². The Kier molecular flexibility index (Phi) is 2.39. The lowest BCUT2D eigenvalue weighted by molar-refractivity contribution is -0.128. The first-order valence-corrected chi connectivity index (χ1v) is 6.89. The molecule has 0 amide bonds. The molecule has 1 heterocycles. The average molecular weight is 221 g/mol. The molecule has 0 N–H and O–H groups in total. The van der Waals surface area contributed by atoms with Gasteiger partial charge in [0.1, 0.15) is 5.78 Å². The van der Waals surface area contributed by atoms with Crippen LogP contribution in [0.4, 0.5) is 0 Å². The third-order valence-corrected chi connectivity index (χ3v) is 5.31. The van der Waals surface area contributed by atoms with Gasteiger partial charge in [0.15, 0.2) is 0 Å². The zero-order valence-corrected chi connectivity index (χ0v) is 10.5. The standard InChI is InChI=1S/C14H23NO/c1-10-11(2)15(8-5-13(10)16)9-14(6-7-14)12-3-4-12/h10-12H,3-9H2,1-2H3. The fourth-order valence-electron chi connectivity index (χ4n) is 3.45. The van der Waals surface area contributed by atoms with Crippen LogP contribution in [0.15, 0.2) is 0 Å². The second kappa shape index (κ2) is 3.56. The van der Waals surface area contributed by atoms with Crippen molar-refractivity contribution in [2.24, 2.45) is 17.3 Å². The van der Waals surface area contributed by atoms with Gasteiger partial charge >= 0.3 is 0 Å². The van der Waals surface area contributed by atoms with Gasteiger partial charge in [0.2, 0.25) is 0 Å². The Morgan fingerprint density at radius 2 is 2.00 bits per heavy atom. The lowest BCUT2D eigenvalue weighted by Gasteiger charge is -2.39. The summed E-state index contributed by atoms with van der Waals surface area (Å²) in [5, 5.41) is 0. The number of likely N-dealkylation sites (tertiary alicyclic amines) is 1. The molecule has 3 fully saturated rings. The molecule has 0 bridgehead atoms. The molecule has 2 atom stereocenters. The second-order valence-corrected chi connectivity index (χ2v) is 6.35. The number of piperidine rings is 1. The maximum absolute atomic E-state index is 11.7. The predicted octanol–water partition coefficient (Wildman–Crippen LogP) is 2.48. The van der Waals surface area contributed by atoms with Gasteiger partial charge in [-0.1, -0.05) is 6.92 Å². The molecule has 90 valence electrons. The molecule has 3 rings (SSSR count). The molecule has 0 aromatic heterocycles. The van der Waals surface area contributed by atoms with Crippen molar-refractivity contribution in [2.75, 3.05) is 13.1 Å². The highest BCUT2D eigenvalue weighted by Crippen LogP contribution is 2.61. The molecule has 0 radical (unpaired) electrons. The van der Waals surface area contributed by atoms with Crippen LogP contribution >= 0.6 is 0 Å². The van der Waals surface area contributed by atoms with Crippen molar-refractivity contribution in [3.8, 4) is 0 Å². The van der Waals surface area contributed by atoms with Gasteiger partial charge in [-0.05, 0) is 43.9 Å². The molecular weight excluding hydrogens is 198 g/mol. The van der Waals surface area contributed by atoms with Gasteiger partial charge in [0, 0.05) is 31.5 Å². The molecule has 2 nitrogen and oxygen atoms in total. The predicted molar refractivity (Wildman–Crippen MR) is 64.2 cm³/mol. The zero-order chi connectivity index (χ0) is 11.3. The molecule has 2 saturated carbocycles. The number of hydrogen-bond donors (Lipinski definition) is 0. The molecule has 2 heteroatoms. The summed E-state index contributed by atoms with van der Waals surface area (Å²) in [7, 11) is 0. The molecule has 3 aliphatic rings. The van der Waals surface area contributed by atoms with Crippen molar-refractivity contribution in [1.82, 2.24) is 4.90 Å². The van der Waals surface area contributed by atoms with Crippen LogP contribution in [0, 0.1) is 17.3 Å². The van der Waals surface area contributed by atoms with Crippen molar-refractivity contribution in [1.29, 1.82) is 0 Å². The summed E-state index contributed by atoms with van der Waals surface area (Å²) in [4.78, 5) is 14.2. The number of ketones is 1. The SMILES string of the molecule is CC1C(=O)CCN(CC2(C3CC3)CC2)C1C. The Morgan fingerprint density at radius 3 is 2.56 bits per heavy atom. The van der Waals surface area contributed by atoms with Gasteiger partial charge in [-0.3, -0.25) is 9.69 Å². The number of carbonyl (C=O) groups is 1. The van der Waals surface area contributed by atoms with Gasteiger partial charge in [-0.2, -0.15) is 0 Å². The van der Waals surface area contributed by atoms with E-state index in [9.17, 15) is 4.79 Å². The van der Waals surface area contributed by atoms with E-state index in [1.54, 1.807) is 0 Å². The molecule has 0 aromatic carbocycles. The first kappa shape index (κ1) is 10.8. The fourth-order valence-corrected chi connectivity index (χ4v) is 3.45. The van der Waals surface area contributed by atoms with Crippen LogP contribution in [0.25, 0.3) is 0 Å². The van der Waals surface area contributed by atoms with Crippen LogP contribution < -0.4 is 0 Å². The van der Waals surface area contributed by atoms with Gasteiger partial charge in [-0.25, -0.2) is 0 Å². The van der Waals surface area contributed by atoms with Gasteiger partial charge in [0.25, 0.3) is 0 Å². The third kappa shape index (κ3) is 1.71. The summed E-state index contributed by atoms with van der Waals surface area (Å²) in [6.45, 7) is 6.63. The largest absolute Gasteiger partial charge is 0.299 e. The maximum Gasteiger partial charge on any atom is 0.138 e. The van der Waals surface area contributed by atoms with Crippen molar-refractivity contribution >= 4 is 5.78 Å². The summed E-state index contributed by atoms with van der Waals surface area (Å²) < 4.78 is 0. The Bertz CT molecular complexity index is 304. The normalized spacial score (nSPS) is 38.8. The van der Waals surface area contributed by atoms with Crippen LogP contribution in [0.2, 0.25) is 0 Å². The minimum absolute atomic E-state index is 0.253. The number of carbonyl (C=O) groups excluding carboxylic acids is 1. The van der Waals surface area contributed by atoms with Gasteiger partial charge in [0.05, 0.1) is 0 Å². The van der Waals surface area contributed by atoms with E-state index in [1.807, 2.05) is 0 Å². The lowest BCUT2D eigenvalue weighted by atomic mass is 9.88. The highest BCUT2D eigenvalue weighted by atomic mass is 16.1. The highest BCUT2D eigenvalue weighted by molar-refractivity contribution is 5.82. The fraction of sp³-hybridized carbons (Fsp3) is 0.929. The molecule has 1 aliphatic heterocycles. The molecule has 16 heavy (non-hydrogen) atoms. The third-order valence-electron chi connectivity index (χ3n) is 5.31. The Hall–Kier alpha value is -0.370. The highest BCUT2D eigenvalue weighted by Gasteiger charge is 2.54. The van der Waals surface area contributed by atoms with E-state index in [0.717, 1.165) is 18.9 Å². The molecular formula is C14H23NO. The minimum atomic E-state index is 0.253. The van der Waals surface area contributed by atoms with Crippen molar-refractivity contribution < 1.29 is 4.79 Å². The number of Topliss-reactive ketones (excluding diaryl/α,β-unsaturated/α-hetero) is 1. The molecule has 1 saturated heterocycles. The molecule has 0 aromatic rings. The zero-order valence-electron chi connectivity index (χ0n) is 10.5. The second-order valence-electron chi connectivity index (χ2n) is 6.35. The number of hydrogen-bond acceptors (Lipinski definition) is 2. The van der Waals surface area contributed by atoms with Crippen molar-refractivity contribution in [3.63, 3.8) is 0 Å². The van der Waals surface area contributed by atoms with E-state index in [-0.39, 0.29) is 5.92 Å². The average Bonchev–Trinajstić information content (AvgIpc) is 3.11. The molecule has 0 spiro atoms. The van der Waals surface area contributed by atoms with Crippen LogP contribution in [-0.2, 0) is 4.79 Å². The number of rotatable bonds is 3. The van der Waals surface area contributed by atoms with Crippen LogP contribution in [0.3, 0.4) is 0 Å². The van der Waals surface area contributed by atoms with E-state index in [0.29, 0.717) is 17.2 Å². The van der Waals surface area contributed by atoms with E-state index in [1.165, 1.54) is 32.2 Å². The molecule has 2 unspecified atom stereocenters. The Morgan fingerprint density at radius 1 is 1.31 bits per heavy atom. The Balaban J connectivity index is 1.64. The molecule has 2 aliphatic carbocycles. The van der Waals surface area contributed by atoms with Crippen LogP contribution in [-0.4, -0.2) is 29.8 Å². The summed E-state index contributed by atoms with van der Waals surface area (Å²) in [6, 6.07) is 0.470. The summed E-state index contributed by atoms with van der Waals surface area (Å²) in [6.07, 6.45) is 6.62. The van der Waals surface area contributed by atoms with E-state index in [4.69, 9.17) is 0 Å². The first-order valence-electron chi connectivity index (χ1n) is 6.89. The summed E-state index contributed by atoms with van der Waals surface area (Å²) >= 11 is 0. The van der Waals surface area contributed by atoms with Gasteiger partial charge in [-0.15, -0.1) is 0 Å². The summed E-state index contributed by atoms with van der Waals surface area (Å²) in [5.41, 5.74) is 0.689. The van der Waals surface area contributed by atoms with Crippen molar-refractivity contribution in [3.05, 3.63) is 0 Å². The lowest BCUT2D eigenvalue weighted by Crippen LogP contribution is -2.49.